The molecule has 3 N–H and O–H groups in total. The predicted molar refractivity (Wildman–Crippen MR) is 130 cm³/mol. The number of hydrogen-bond donors (Lipinski definition) is 3. The lowest BCUT2D eigenvalue weighted by atomic mass is 10.2. The van der Waals surface area contributed by atoms with E-state index in [-0.39, 0.29) is 34.5 Å². The molecule has 3 rings (SSSR count). The van der Waals surface area contributed by atoms with Crippen LogP contribution in [0.3, 0.4) is 0 Å². The highest BCUT2D eigenvalue weighted by Crippen LogP contribution is 2.13. The summed E-state index contributed by atoms with van der Waals surface area (Å²) in [4.78, 5) is 61.1. The van der Waals surface area contributed by atoms with Gasteiger partial charge in [-0.05, 0) is 57.2 Å². The van der Waals surface area contributed by atoms with Crippen LogP contribution in [-0.4, -0.2) is 51.5 Å². The van der Waals surface area contributed by atoms with Gasteiger partial charge < -0.3 is 20.1 Å². The van der Waals surface area contributed by atoms with Gasteiger partial charge in [-0.25, -0.2) is 24.5 Å². The lowest BCUT2D eigenvalue weighted by molar-refractivity contribution is 0.0591. The first-order chi connectivity index (χ1) is 17.0. The molecule has 0 aromatic carbocycles. The zero-order valence-electron chi connectivity index (χ0n) is 20.0. The van der Waals surface area contributed by atoms with E-state index in [1.165, 1.54) is 55.6 Å². The molecule has 0 radical (unpaired) electrons. The second-order valence-corrected chi connectivity index (χ2v) is 8.25. The number of rotatable bonds is 6. The first-order valence-corrected chi connectivity index (χ1v) is 10.7. The predicted octanol–water partition coefficient (Wildman–Crippen LogP) is 3.51. The van der Waals surface area contributed by atoms with Crippen LogP contribution in [0.25, 0.3) is 0 Å². The molecule has 3 aromatic heterocycles. The van der Waals surface area contributed by atoms with E-state index in [1.807, 2.05) is 0 Å². The second kappa shape index (κ2) is 11.0. The van der Waals surface area contributed by atoms with Gasteiger partial charge in [0.05, 0.1) is 7.11 Å². The maximum atomic E-state index is 12.7. The number of carbonyl (C=O) groups is 4. The molecule has 12 heteroatoms. The van der Waals surface area contributed by atoms with Crippen molar-refractivity contribution in [1.29, 1.82) is 0 Å². The maximum Gasteiger partial charge on any atom is 0.413 e. The number of nitrogens with one attached hydrogen (secondary N) is 3. The van der Waals surface area contributed by atoms with Crippen LogP contribution in [-0.2, 0) is 9.47 Å². The van der Waals surface area contributed by atoms with Gasteiger partial charge in [0.25, 0.3) is 11.8 Å². The van der Waals surface area contributed by atoms with Crippen molar-refractivity contribution >= 4 is 41.3 Å². The van der Waals surface area contributed by atoms with Crippen LogP contribution in [0.15, 0.2) is 54.6 Å². The highest BCUT2D eigenvalue weighted by molar-refractivity contribution is 6.05. The van der Waals surface area contributed by atoms with Crippen molar-refractivity contribution < 1.29 is 28.7 Å². The van der Waals surface area contributed by atoms with Crippen molar-refractivity contribution in [1.82, 2.24) is 15.0 Å². The van der Waals surface area contributed by atoms with E-state index in [4.69, 9.17) is 4.74 Å². The number of aromatic nitrogens is 3. The summed E-state index contributed by atoms with van der Waals surface area (Å²) < 4.78 is 9.79. The number of hydrogen-bond acceptors (Lipinski definition) is 9. The fourth-order valence-corrected chi connectivity index (χ4v) is 2.75. The molecule has 0 aliphatic carbocycles. The highest BCUT2D eigenvalue weighted by Gasteiger charge is 2.18. The van der Waals surface area contributed by atoms with E-state index in [0.717, 1.165) is 0 Å². The van der Waals surface area contributed by atoms with E-state index >= 15 is 0 Å². The molecule has 3 heterocycles. The standard InChI is InChI=1S/C24H24N6O6/c1-24(2,3)36-23(34)30-19-13-6-9-15(26-19)21(32)28-17-11-5-8-14(25-17)20(31)29-18-12-7-10-16(27-18)22(33)35-4/h5-13H,1-4H3,(H,25,28,32)(H,26,30,34)(H,27,29,31). The van der Waals surface area contributed by atoms with Crippen molar-refractivity contribution in [2.45, 2.75) is 26.4 Å². The van der Waals surface area contributed by atoms with Gasteiger partial charge >= 0.3 is 12.1 Å². The zero-order valence-corrected chi connectivity index (χ0v) is 20.0. The van der Waals surface area contributed by atoms with E-state index in [9.17, 15) is 19.2 Å². The largest absolute Gasteiger partial charge is 0.464 e. The van der Waals surface area contributed by atoms with Crippen LogP contribution in [0, 0.1) is 0 Å². The Morgan fingerprint density at radius 3 is 1.53 bits per heavy atom. The summed E-state index contributed by atoms with van der Waals surface area (Å²) in [7, 11) is 1.22. The first kappa shape index (κ1) is 25.7. The Balaban J connectivity index is 1.67. The molecular formula is C24H24N6O6. The van der Waals surface area contributed by atoms with Gasteiger partial charge in [-0.2, -0.15) is 0 Å². The molecule has 0 atom stereocenters. The molecule has 36 heavy (non-hydrogen) atoms. The van der Waals surface area contributed by atoms with Crippen molar-refractivity contribution in [2.24, 2.45) is 0 Å². The minimum Gasteiger partial charge on any atom is -0.464 e. The Labute approximate surface area is 206 Å². The van der Waals surface area contributed by atoms with E-state index in [2.05, 4.69) is 35.6 Å². The average molecular weight is 492 g/mol. The number of esters is 1. The molecule has 186 valence electrons. The normalized spacial score (nSPS) is 10.7. The number of nitrogens with zero attached hydrogens (tertiary/aromatic N) is 3. The van der Waals surface area contributed by atoms with Gasteiger partial charge in [0.1, 0.15) is 34.4 Å². The third kappa shape index (κ3) is 7.32. The lowest BCUT2D eigenvalue weighted by Gasteiger charge is -2.19. The summed E-state index contributed by atoms with van der Waals surface area (Å²) in [6.45, 7) is 5.17. The Hall–Kier alpha value is -4.87. The van der Waals surface area contributed by atoms with Crippen LogP contribution >= 0.6 is 0 Å². The molecule has 0 fully saturated rings. The van der Waals surface area contributed by atoms with Gasteiger partial charge in [0, 0.05) is 0 Å². The average Bonchev–Trinajstić information content (AvgIpc) is 2.82. The van der Waals surface area contributed by atoms with Crippen LogP contribution in [0.2, 0.25) is 0 Å². The molecule has 12 nitrogen and oxygen atoms in total. The van der Waals surface area contributed by atoms with Gasteiger partial charge in [-0.1, -0.05) is 18.2 Å². The molecule has 3 aromatic rings. The third-order valence-electron chi connectivity index (χ3n) is 4.22. The van der Waals surface area contributed by atoms with Gasteiger partial charge in [-0.15, -0.1) is 0 Å². The summed E-state index contributed by atoms with van der Waals surface area (Å²) >= 11 is 0. The smallest absolute Gasteiger partial charge is 0.413 e. The SMILES string of the molecule is COC(=O)c1cccc(NC(=O)c2cccc(NC(=O)c3cccc(NC(=O)OC(C)(C)C)n3)n2)n1. The molecule has 0 aliphatic heterocycles. The van der Waals surface area contributed by atoms with E-state index in [0.29, 0.717) is 0 Å². The maximum absolute atomic E-state index is 12.7. The molecule has 0 bridgehead atoms. The molecule has 0 saturated carbocycles. The fourth-order valence-electron chi connectivity index (χ4n) is 2.75. The van der Waals surface area contributed by atoms with Crippen LogP contribution in [0.5, 0.6) is 0 Å². The molecule has 0 saturated heterocycles. The minimum absolute atomic E-state index is 0.00374. The number of anilines is 3. The van der Waals surface area contributed by atoms with Crippen molar-refractivity contribution in [3.8, 4) is 0 Å². The fraction of sp³-hybridized carbons (Fsp3) is 0.208. The van der Waals surface area contributed by atoms with Crippen molar-refractivity contribution in [3.63, 3.8) is 0 Å². The van der Waals surface area contributed by atoms with E-state index < -0.39 is 29.5 Å². The second-order valence-electron chi connectivity index (χ2n) is 8.25. The molecular weight excluding hydrogens is 468 g/mol. The lowest BCUT2D eigenvalue weighted by Crippen LogP contribution is -2.27. The van der Waals surface area contributed by atoms with Crippen molar-refractivity contribution in [2.75, 3.05) is 23.1 Å². The van der Waals surface area contributed by atoms with Crippen LogP contribution in [0.1, 0.15) is 52.2 Å². The number of amides is 3. The zero-order chi connectivity index (χ0) is 26.3. The summed E-state index contributed by atoms with van der Waals surface area (Å²) in [5.74, 6) is -1.52. The number of pyridine rings is 3. The van der Waals surface area contributed by atoms with Gasteiger partial charge in [-0.3, -0.25) is 14.9 Å². The quantitative estimate of drug-likeness (QED) is 0.437. The Bertz CT molecular complexity index is 1300. The van der Waals surface area contributed by atoms with Crippen molar-refractivity contribution in [3.05, 3.63) is 71.7 Å². The molecule has 0 aliphatic rings. The summed E-state index contributed by atoms with van der Waals surface area (Å²) in [6, 6.07) is 13.5. The first-order valence-electron chi connectivity index (χ1n) is 10.7. The minimum atomic E-state index is -0.709. The summed E-state index contributed by atoms with van der Waals surface area (Å²) in [5, 5.41) is 7.55. The molecule has 0 unspecified atom stereocenters. The topological polar surface area (TPSA) is 162 Å². The number of methoxy groups -OCH3 is 1. The summed E-state index contributed by atoms with van der Waals surface area (Å²) in [5.41, 5.74) is -0.669. The highest BCUT2D eigenvalue weighted by atomic mass is 16.6. The number of carbonyl (C=O) groups excluding carboxylic acids is 4. The molecule has 0 spiro atoms. The van der Waals surface area contributed by atoms with Gasteiger partial charge in [0.2, 0.25) is 0 Å². The Morgan fingerprint density at radius 2 is 1.08 bits per heavy atom. The molecule has 3 amide bonds. The van der Waals surface area contributed by atoms with Crippen LogP contribution in [0.4, 0.5) is 22.2 Å². The van der Waals surface area contributed by atoms with E-state index in [1.54, 1.807) is 26.8 Å². The Kier molecular flexibility index (Phi) is 7.89. The summed E-state index contributed by atoms with van der Waals surface area (Å²) in [6.07, 6.45) is -0.709. The Morgan fingerprint density at radius 1 is 0.667 bits per heavy atom. The number of ether oxygens (including phenoxy) is 2. The van der Waals surface area contributed by atoms with Gasteiger partial charge in [0.15, 0.2) is 5.69 Å². The monoisotopic (exact) mass is 492 g/mol. The van der Waals surface area contributed by atoms with Crippen LogP contribution < -0.4 is 16.0 Å². The third-order valence-corrected chi connectivity index (χ3v) is 4.22.